The van der Waals surface area contributed by atoms with E-state index in [4.69, 9.17) is 4.74 Å². The molecule has 1 amide bonds. The van der Waals surface area contributed by atoms with Crippen molar-refractivity contribution in [1.82, 2.24) is 10.2 Å². The van der Waals surface area contributed by atoms with Gasteiger partial charge in [0.2, 0.25) is 11.0 Å². The molecular formula is C20H22N4O2S2. The van der Waals surface area contributed by atoms with Crippen molar-refractivity contribution in [3.05, 3.63) is 53.6 Å². The van der Waals surface area contributed by atoms with E-state index < -0.39 is 0 Å². The number of aryl methyl sites for hydroxylation is 2. The van der Waals surface area contributed by atoms with Crippen LogP contribution in [0.4, 0.5) is 16.5 Å². The maximum Gasteiger partial charge on any atom is 0.237 e. The van der Waals surface area contributed by atoms with Crippen molar-refractivity contribution in [2.75, 3.05) is 17.7 Å². The molecule has 1 heterocycles. The molecule has 6 nitrogen and oxygen atoms in total. The van der Waals surface area contributed by atoms with Crippen molar-refractivity contribution < 1.29 is 9.53 Å². The maximum atomic E-state index is 12.5. The Kier molecular flexibility index (Phi) is 6.53. The maximum absolute atomic E-state index is 12.5. The highest BCUT2D eigenvalue weighted by atomic mass is 32.2. The fraction of sp³-hybridized carbons (Fsp3) is 0.250. The van der Waals surface area contributed by atoms with Gasteiger partial charge in [0.25, 0.3) is 0 Å². The number of nitrogens with zero attached hydrogens (tertiary/aromatic N) is 2. The number of hydrogen-bond donors (Lipinski definition) is 2. The molecule has 3 aromatic rings. The van der Waals surface area contributed by atoms with Crippen molar-refractivity contribution >= 4 is 45.5 Å². The first-order valence-electron chi connectivity index (χ1n) is 8.74. The molecule has 1 atom stereocenters. The van der Waals surface area contributed by atoms with Crippen molar-refractivity contribution in [2.45, 2.75) is 30.4 Å². The topological polar surface area (TPSA) is 76.1 Å². The Morgan fingerprint density at radius 3 is 2.57 bits per heavy atom. The molecular weight excluding hydrogens is 392 g/mol. The van der Waals surface area contributed by atoms with E-state index in [0.29, 0.717) is 5.13 Å². The molecule has 1 aromatic heterocycles. The summed E-state index contributed by atoms with van der Waals surface area (Å²) in [6.45, 7) is 5.88. The molecule has 0 aliphatic heterocycles. The van der Waals surface area contributed by atoms with Crippen LogP contribution in [0.2, 0.25) is 0 Å². The van der Waals surface area contributed by atoms with Crippen LogP contribution in [0.25, 0.3) is 0 Å². The Morgan fingerprint density at radius 1 is 1.14 bits per heavy atom. The van der Waals surface area contributed by atoms with Gasteiger partial charge in [-0.2, -0.15) is 0 Å². The highest BCUT2D eigenvalue weighted by Crippen LogP contribution is 2.31. The second-order valence-corrected chi connectivity index (χ2v) is 8.86. The quantitative estimate of drug-likeness (QED) is 0.528. The molecule has 28 heavy (non-hydrogen) atoms. The van der Waals surface area contributed by atoms with Gasteiger partial charge in [-0.05, 0) is 56.7 Å². The Morgan fingerprint density at radius 2 is 1.89 bits per heavy atom. The largest absolute Gasteiger partial charge is 0.497 e. The molecule has 2 N–H and O–H groups in total. The lowest BCUT2D eigenvalue weighted by Gasteiger charge is -2.12. The Hall–Kier alpha value is -2.58. The van der Waals surface area contributed by atoms with Crippen molar-refractivity contribution in [3.8, 4) is 5.75 Å². The number of carbonyl (C=O) groups is 1. The predicted molar refractivity (Wildman–Crippen MR) is 116 cm³/mol. The molecule has 3 rings (SSSR count). The van der Waals surface area contributed by atoms with Crippen molar-refractivity contribution in [2.24, 2.45) is 0 Å². The number of methoxy groups -OCH3 is 1. The van der Waals surface area contributed by atoms with Crippen molar-refractivity contribution in [3.63, 3.8) is 0 Å². The zero-order chi connectivity index (χ0) is 20.1. The third-order valence-electron chi connectivity index (χ3n) is 4.03. The average Bonchev–Trinajstić information content (AvgIpc) is 3.11. The molecule has 0 saturated heterocycles. The fourth-order valence-corrected chi connectivity index (χ4v) is 4.41. The van der Waals surface area contributed by atoms with E-state index in [1.54, 1.807) is 7.11 Å². The number of hydrogen-bond acceptors (Lipinski definition) is 7. The summed E-state index contributed by atoms with van der Waals surface area (Å²) < 4.78 is 5.89. The first-order valence-corrected chi connectivity index (χ1v) is 10.4. The van der Waals surface area contributed by atoms with E-state index in [1.165, 1.54) is 28.7 Å². The lowest BCUT2D eigenvalue weighted by atomic mass is 10.1. The second kappa shape index (κ2) is 9.07. The van der Waals surface area contributed by atoms with E-state index in [9.17, 15) is 4.79 Å². The van der Waals surface area contributed by atoms with Crippen LogP contribution in [0.15, 0.2) is 46.8 Å². The number of aromatic nitrogens is 2. The molecule has 146 valence electrons. The lowest BCUT2D eigenvalue weighted by molar-refractivity contribution is -0.115. The zero-order valence-electron chi connectivity index (χ0n) is 16.1. The van der Waals surface area contributed by atoms with Gasteiger partial charge in [-0.15, -0.1) is 10.2 Å². The van der Waals surface area contributed by atoms with E-state index in [-0.39, 0.29) is 11.2 Å². The second-order valence-electron chi connectivity index (χ2n) is 6.29. The van der Waals surface area contributed by atoms with Gasteiger partial charge >= 0.3 is 0 Å². The summed E-state index contributed by atoms with van der Waals surface area (Å²) in [7, 11) is 1.63. The molecule has 8 heteroatoms. The minimum Gasteiger partial charge on any atom is -0.497 e. The highest BCUT2D eigenvalue weighted by molar-refractivity contribution is 8.02. The first kappa shape index (κ1) is 20.2. The van der Waals surface area contributed by atoms with E-state index >= 15 is 0 Å². The molecule has 2 aromatic carbocycles. The first-order chi connectivity index (χ1) is 13.4. The predicted octanol–water partition coefficient (Wildman–Crippen LogP) is 5.03. The summed E-state index contributed by atoms with van der Waals surface area (Å²) in [6, 6.07) is 13.5. The number of anilines is 3. The summed E-state index contributed by atoms with van der Waals surface area (Å²) in [4.78, 5) is 12.5. The number of thioether (sulfide) groups is 1. The fourth-order valence-electron chi connectivity index (χ4n) is 2.50. The molecule has 0 aliphatic rings. The summed E-state index contributed by atoms with van der Waals surface area (Å²) in [6.07, 6.45) is 0. The van der Waals surface area contributed by atoms with E-state index in [2.05, 4.69) is 26.9 Å². The lowest BCUT2D eigenvalue weighted by Crippen LogP contribution is -2.22. The summed E-state index contributed by atoms with van der Waals surface area (Å²) in [5, 5.41) is 14.9. The van der Waals surface area contributed by atoms with Gasteiger partial charge in [0.1, 0.15) is 5.75 Å². The van der Waals surface area contributed by atoms with E-state index in [1.807, 2.05) is 57.2 Å². The van der Waals surface area contributed by atoms with Crippen molar-refractivity contribution in [1.29, 1.82) is 0 Å². The van der Waals surface area contributed by atoms with Crippen LogP contribution in [0.5, 0.6) is 5.75 Å². The molecule has 0 spiro atoms. The monoisotopic (exact) mass is 414 g/mol. The third kappa shape index (κ3) is 5.24. The van der Waals surface area contributed by atoms with Crippen LogP contribution >= 0.6 is 23.1 Å². The molecule has 0 bridgehead atoms. The highest BCUT2D eigenvalue weighted by Gasteiger charge is 2.18. The number of nitrogens with one attached hydrogen (secondary N) is 2. The number of ether oxygens (including phenoxy) is 1. The average molecular weight is 415 g/mol. The van der Waals surface area contributed by atoms with Crippen LogP contribution < -0.4 is 15.4 Å². The Balaban J connectivity index is 1.58. The van der Waals surface area contributed by atoms with Crippen LogP contribution in [-0.2, 0) is 4.79 Å². The minimum atomic E-state index is -0.289. The smallest absolute Gasteiger partial charge is 0.237 e. The SMILES string of the molecule is COc1ccc(Nc2nnc(S[C@H](C)C(=O)Nc3ccc(C)cc3C)s2)cc1. The van der Waals surface area contributed by atoms with Gasteiger partial charge in [-0.1, -0.05) is 40.8 Å². The van der Waals surface area contributed by atoms with Crippen LogP contribution in [0.3, 0.4) is 0 Å². The molecule has 0 unspecified atom stereocenters. The molecule has 0 fully saturated rings. The Labute approximate surface area is 172 Å². The van der Waals surface area contributed by atoms with Crippen LogP contribution in [-0.4, -0.2) is 28.5 Å². The van der Waals surface area contributed by atoms with Gasteiger partial charge in [-0.3, -0.25) is 4.79 Å². The normalized spacial score (nSPS) is 11.7. The van der Waals surface area contributed by atoms with Crippen LogP contribution in [0, 0.1) is 13.8 Å². The Bertz CT molecular complexity index is 957. The summed E-state index contributed by atoms with van der Waals surface area (Å²) in [5.74, 6) is 0.736. The van der Waals surface area contributed by atoms with Gasteiger partial charge < -0.3 is 15.4 Å². The third-order valence-corrected chi connectivity index (χ3v) is 6.06. The number of amides is 1. The van der Waals surface area contributed by atoms with Gasteiger partial charge in [-0.25, -0.2) is 0 Å². The van der Waals surface area contributed by atoms with Gasteiger partial charge in [0.05, 0.1) is 12.4 Å². The molecule has 0 saturated carbocycles. The summed E-state index contributed by atoms with van der Waals surface area (Å²) in [5.41, 5.74) is 3.95. The molecule has 0 radical (unpaired) electrons. The molecule has 0 aliphatic carbocycles. The standard InChI is InChI=1S/C20H22N4O2S2/c1-12-5-10-17(13(2)11-12)22-18(25)14(3)27-20-24-23-19(28-20)21-15-6-8-16(26-4)9-7-15/h5-11,14H,1-4H3,(H,21,23)(H,22,25)/t14-/m1/s1. The number of benzene rings is 2. The number of rotatable bonds is 7. The van der Waals surface area contributed by atoms with Gasteiger partial charge in [0.15, 0.2) is 4.34 Å². The summed E-state index contributed by atoms with van der Waals surface area (Å²) >= 11 is 2.80. The minimum absolute atomic E-state index is 0.0585. The number of carbonyl (C=O) groups excluding carboxylic acids is 1. The van der Waals surface area contributed by atoms with Crippen LogP contribution in [0.1, 0.15) is 18.1 Å². The zero-order valence-corrected chi connectivity index (χ0v) is 17.8. The van der Waals surface area contributed by atoms with E-state index in [0.717, 1.165) is 27.0 Å². The van der Waals surface area contributed by atoms with Gasteiger partial charge in [0, 0.05) is 11.4 Å².